The van der Waals surface area contributed by atoms with Gasteiger partial charge in [0.1, 0.15) is 0 Å². The summed E-state index contributed by atoms with van der Waals surface area (Å²) in [7, 11) is 0. The van der Waals surface area contributed by atoms with Crippen molar-refractivity contribution in [2.75, 3.05) is 0 Å². The topological polar surface area (TPSA) is 46.9 Å². The highest BCUT2D eigenvalue weighted by Gasteiger charge is 2.12. The highest BCUT2D eigenvalue weighted by Crippen LogP contribution is 2.17. The van der Waals surface area contributed by atoms with Crippen molar-refractivity contribution >= 4 is 5.91 Å². The predicted molar refractivity (Wildman–Crippen MR) is 109 cm³/mol. The van der Waals surface area contributed by atoms with Gasteiger partial charge in [0.05, 0.1) is 18.3 Å². The summed E-state index contributed by atoms with van der Waals surface area (Å²) in [5.74, 6) is -0.0570. The van der Waals surface area contributed by atoms with E-state index in [4.69, 9.17) is 0 Å². The van der Waals surface area contributed by atoms with Crippen LogP contribution in [0.4, 0.5) is 0 Å². The molecule has 0 radical (unpaired) electrons. The summed E-state index contributed by atoms with van der Waals surface area (Å²) >= 11 is 0. The Labute approximate surface area is 161 Å². The van der Waals surface area contributed by atoms with Crippen LogP contribution in [0.3, 0.4) is 0 Å². The lowest BCUT2D eigenvalue weighted by Gasteiger charge is -2.16. The Morgan fingerprint density at radius 1 is 1.00 bits per heavy atom. The van der Waals surface area contributed by atoms with E-state index in [1.807, 2.05) is 42.8 Å². The van der Waals surface area contributed by atoms with E-state index in [1.165, 1.54) is 11.1 Å². The minimum atomic E-state index is -0.0570. The number of benzene rings is 2. The Bertz CT molecular complexity index is 954. The second-order valence-electron chi connectivity index (χ2n) is 7.32. The van der Waals surface area contributed by atoms with Crippen LogP contribution < -0.4 is 5.32 Å². The van der Waals surface area contributed by atoms with E-state index < -0.39 is 0 Å². The van der Waals surface area contributed by atoms with Crippen LogP contribution in [0.15, 0.2) is 48.5 Å². The Morgan fingerprint density at radius 3 is 2.30 bits per heavy atom. The molecule has 0 spiro atoms. The zero-order chi connectivity index (χ0) is 19.6. The lowest BCUT2D eigenvalue weighted by Crippen LogP contribution is -2.26. The Kier molecular flexibility index (Phi) is 5.45. The Hall–Kier alpha value is -2.88. The molecule has 0 bridgehead atoms. The molecule has 1 heterocycles. The molecule has 0 aliphatic rings. The number of hydrogen-bond donors (Lipinski definition) is 1. The monoisotopic (exact) mass is 361 g/mol. The lowest BCUT2D eigenvalue weighted by molar-refractivity contribution is 0.0940. The summed E-state index contributed by atoms with van der Waals surface area (Å²) in [6, 6.07) is 16.1. The second-order valence-corrected chi connectivity index (χ2v) is 7.32. The highest BCUT2D eigenvalue weighted by molar-refractivity contribution is 5.94. The van der Waals surface area contributed by atoms with Crippen LogP contribution >= 0.6 is 0 Å². The van der Waals surface area contributed by atoms with Crippen LogP contribution in [0.5, 0.6) is 0 Å². The van der Waals surface area contributed by atoms with Crippen LogP contribution in [-0.4, -0.2) is 15.7 Å². The molecule has 3 rings (SSSR count). The van der Waals surface area contributed by atoms with E-state index in [1.54, 1.807) is 0 Å². The molecule has 0 fully saturated rings. The first kappa shape index (κ1) is 18.9. The fourth-order valence-electron chi connectivity index (χ4n) is 3.17. The van der Waals surface area contributed by atoms with Crippen molar-refractivity contribution < 1.29 is 4.79 Å². The molecule has 27 heavy (non-hydrogen) atoms. The van der Waals surface area contributed by atoms with Crippen LogP contribution in [0.1, 0.15) is 57.0 Å². The summed E-state index contributed by atoms with van der Waals surface area (Å²) < 4.78 is 1.98. The van der Waals surface area contributed by atoms with E-state index in [0.29, 0.717) is 12.1 Å². The summed E-state index contributed by atoms with van der Waals surface area (Å²) in [5, 5.41) is 7.57. The van der Waals surface area contributed by atoms with E-state index in [9.17, 15) is 4.79 Å². The molecule has 3 aromatic rings. The van der Waals surface area contributed by atoms with Gasteiger partial charge < -0.3 is 5.32 Å². The van der Waals surface area contributed by atoms with E-state index in [2.05, 4.69) is 55.5 Å². The Balaban J connectivity index is 1.66. The van der Waals surface area contributed by atoms with Crippen molar-refractivity contribution in [2.45, 2.75) is 47.2 Å². The first-order valence-corrected chi connectivity index (χ1v) is 9.31. The van der Waals surface area contributed by atoms with Crippen molar-refractivity contribution in [1.29, 1.82) is 0 Å². The van der Waals surface area contributed by atoms with E-state index in [0.717, 1.165) is 22.5 Å². The molecule has 2 aromatic carbocycles. The molecular weight excluding hydrogens is 334 g/mol. The highest BCUT2D eigenvalue weighted by atomic mass is 16.1. The van der Waals surface area contributed by atoms with Gasteiger partial charge in [-0.05, 0) is 75.1 Å². The molecule has 1 N–H and O–H groups in total. The standard InChI is InChI=1S/C23H27N3O/c1-15-6-9-22(12-16(15)2)19(5)24-23(27)21-10-7-20(8-11-21)14-26-18(4)13-17(3)25-26/h6-13,19H,14H2,1-5H3,(H,24,27)/t19-/m0/s1. The molecule has 0 aliphatic heterocycles. The first-order valence-electron chi connectivity index (χ1n) is 9.31. The van der Waals surface area contributed by atoms with Crippen molar-refractivity contribution in [3.05, 3.63) is 87.7 Å². The molecule has 0 saturated heterocycles. The number of nitrogens with one attached hydrogen (secondary N) is 1. The summed E-state index contributed by atoms with van der Waals surface area (Å²) in [6.07, 6.45) is 0. The number of amides is 1. The number of carbonyl (C=O) groups excluding carboxylic acids is 1. The second kappa shape index (κ2) is 7.78. The molecule has 0 aliphatic carbocycles. The van der Waals surface area contributed by atoms with Gasteiger partial charge in [-0.2, -0.15) is 5.10 Å². The van der Waals surface area contributed by atoms with Crippen molar-refractivity contribution in [3.8, 4) is 0 Å². The third-order valence-electron chi connectivity index (χ3n) is 5.03. The average molecular weight is 361 g/mol. The smallest absolute Gasteiger partial charge is 0.251 e. The van der Waals surface area contributed by atoms with Gasteiger partial charge in [-0.15, -0.1) is 0 Å². The van der Waals surface area contributed by atoms with Gasteiger partial charge in [-0.3, -0.25) is 9.48 Å². The molecular formula is C23H27N3O. The molecule has 1 aromatic heterocycles. The summed E-state index contributed by atoms with van der Waals surface area (Å²) in [4.78, 5) is 12.6. The number of aromatic nitrogens is 2. The molecule has 4 heteroatoms. The molecule has 140 valence electrons. The van der Waals surface area contributed by atoms with Gasteiger partial charge in [0, 0.05) is 11.3 Å². The third kappa shape index (κ3) is 4.45. The van der Waals surface area contributed by atoms with Crippen LogP contribution in [-0.2, 0) is 6.54 Å². The van der Waals surface area contributed by atoms with Crippen molar-refractivity contribution in [3.63, 3.8) is 0 Å². The molecule has 0 saturated carbocycles. The number of aryl methyl sites for hydroxylation is 4. The minimum Gasteiger partial charge on any atom is -0.346 e. The van der Waals surface area contributed by atoms with Gasteiger partial charge in [-0.25, -0.2) is 0 Å². The molecule has 1 amide bonds. The summed E-state index contributed by atoms with van der Waals surface area (Å²) in [6.45, 7) is 11.0. The molecule has 0 unspecified atom stereocenters. The maximum absolute atomic E-state index is 12.6. The number of nitrogens with zero attached hydrogens (tertiary/aromatic N) is 2. The predicted octanol–water partition coefficient (Wildman–Crippen LogP) is 4.66. The van der Waals surface area contributed by atoms with Gasteiger partial charge in [0.25, 0.3) is 5.91 Å². The number of hydrogen-bond acceptors (Lipinski definition) is 2. The van der Waals surface area contributed by atoms with Crippen LogP contribution in [0.25, 0.3) is 0 Å². The quantitative estimate of drug-likeness (QED) is 0.719. The SMILES string of the molecule is Cc1cc(C)n(Cc2ccc(C(=O)N[C@@H](C)c3ccc(C)c(C)c3)cc2)n1. The number of rotatable bonds is 5. The fraction of sp³-hybridized carbons (Fsp3) is 0.304. The maximum atomic E-state index is 12.6. The lowest BCUT2D eigenvalue weighted by atomic mass is 10.0. The van der Waals surface area contributed by atoms with Crippen molar-refractivity contribution in [2.24, 2.45) is 0 Å². The van der Waals surface area contributed by atoms with Crippen LogP contribution in [0.2, 0.25) is 0 Å². The van der Waals surface area contributed by atoms with Gasteiger partial charge in [0.2, 0.25) is 0 Å². The maximum Gasteiger partial charge on any atom is 0.251 e. The minimum absolute atomic E-state index is 0.0359. The number of carbonyl (C=O) groups is 1. The third-order valence-corrected chi connectivity index (χ3v) is 5.03. The van der Waals surface area contributed by atoms with Gasteiger partial charge >= 0.3 is 0 Å². The largest absolute Gasteiger partial charge is 0.346 e. The first-order chi connectivity index (χ1) is 12.8. The van der Waals surface area contributed by atoms with E-state index >= 15 is 0 Å². The van der Waals surface area contributed by atoms with Gasteiger partial charge in [0.15, 0.2) is 0 Å². The van der Waals surface area contributed by atoms with E-state index in [-0.39, 0.29) is 11.9 Å². The van der Waals surface area contributed by atoms with Crippen molar-refractivity contribution in [1.82, 2.24) is 15.1 Å². The average Bonchev–Trinajstić information content (AvgIpc) is 2.95. The molecule has 4 nitrogen and oxygen atoms in total. The zero-order valence-electron chi connectivity index (χ0n) is 16.7. The zero-order valence-corrected chi connectivity index (χ0v) is 16.7. The summed E-state index contributed by atoms with van der Waals surface area (Å²) in [5.41, 5.74) is 7.56. The Morgan fingerprint density at radius 2 is 1.70 bits per heavy atom. The molecule has 1 atom stereocenters. The fourth-order valence-corrected chi connectivity index (χ4v) is 3.17. The van der Waals surface area contributed by atoms with Gasteiger partial charge in [-0.1, -0.05) is 30.3 Å². The normalized spacial score (nSPS) is 12.0. The van der Waals surface area contributed by atoms with Crippen LogP contribution in [0, 0.1) is 27.7 Å².